The third-order valence-corrected chi connectivity index (χ3v) is 6.42. The van der Waals surface area contributed by atoms with Gasteiger partial charge in [0.25, 0.3) is 11.5 Å². The van der Waals surface area contributed by atoms with Gasteiger partial charge in [0, 0.05) is 59.4 Å². The minimum atomic E-state index is -0.833. The Hall–Kier alpha value is -6.04. The molecule has 0 aliphatic carbocycles. The predicted molar refractivity (Wildman–Crippen MR) is 163 cm³/mol. The number of nitrogen functional groups attached to an aromatic ring is 1. The topological polar surface area (TPSA) is 148 Å². The largest absolute Gasteiger partial charge is 0.493 e. The number of nitrogens with one attached hydrogen (secondary N) is 3. The lowest BCUT2D eigenvalue weighted by Crippen LogP contribution is -2.29. The summed E-state index contributed by atoms with van der Waals surface area (Å²) in [6.45, 7) is 1.88. The van der Waals surface area contributed by atoms with Crippen LogP contribution in [0.4, 0.5) is 20.3 Å². The van der Waals surface area contributed by atoms with Gasteiger partial charge in [-0.15, -0.1) is 0 Å². The Morgan fingerprint density at radius 3 is 2.57 bits per heavy atom. The molecule has 0 saturated carbocycles. The van der Waals surface area contributed by atoms with E-state index < -0.39 is 23.1 Å². The SMILES string of the molecule is CCOc1ccn(-c2ccc(F)cc2)c(=O)c1C(=O)Nc1ccc(O/C(=C/C=N)c2[nH]ccc2-c2ccc(N)nc2)c(F)c1. The molecule has 3 heterocycles. The molecule has 12 heteroatoms. The number of aromatic nitrogens is 3. The number of H-pyrrole nitrogens is 1. The van der Waals surface area contributed by atoms with Crippen molar-refractivity contribution in [2.75, 3.05) is 17.7 Å². The molecule has 0 unspecified atom stereocenters. The van der Waals surface area contributed by atoms with E-state index in [1.807, 2.05) is 0 Å². The highest BCUT2D eigenvalue weighted by molar-refractivity contribution is 6.06. The zero-order valence-electron chi connectivity index (χ0n) is 23.3. The van der Waals surface area contributed by atoms with Gasteiger partial charge in [0.15, 0.2) is 17.3 Å². The van der Waals surface area contributed by atoms with Gasteiger partial charge in [-0.1, -0.05) is 0 Å². The van der Waals surface area contributed by atoms with Crippen LogP contribution >= 0.6 is 0 Å². The van der Waals surface area contributed by atoms with E-state index in [1.165, 1.54) is 59.3 Å². The molecular weight excluding hydrogens is 570 g/mol. The molecule has 0 saturated heterocycles. The molecule has 10 nitrogen and oxygen atoms in total. The van der Waals surface area contributed by atoms with Crippen LogP contribution in [0.1, 0.15) is 23.0 Å². The second-order valence-corrected chi connectivity index (χ2v) is 9.28. The average molecular weight is 597 g/mol. The van der Waals surface area contributed by atoms with Gasteiger partial charge in [0.05, 0.1) is 12.3 Å². The molecule has 0 aliphatic rings. The Bertz CT molecular complexity index is 1920. The van der Waals surface area contributed by atoms with E-state index in [4.69, 9.17) is 20.6 Å². The van der Waals surface area contributed by atoms with E-state index in [0.29, 0.717) is 22.8 Å². The minimum absolute atomic E-state index is 0.0354. The van der Waals surface area contributed by atoms with Crippen LogP contribution < -0.4 is 26.1 Å². The zero-order valence-corrected chi connectivity index (χ0v) is 23.3. The van der Waals surface area contributed by atoms with Crippen molar-refractivity contribution >= 4 is 29.4 Å². The third kappa shape index (κ3) is 6.23. The summed E-state index contributed by atoms with van der Waals surface area (Å²) >= 11 is 0. The fourth-order valence-electron chi connectivity index (χ4n) is 4.40. The number of carbonyl (C=O) groups excluding carboxylic acids is 1. The number of hydrogen-bond acceptors (Lipinski definition) is 7. The lowest BCUT2D eigenvalue weighted by molar-refractivity contribution is 0.102. The van der Waals surface area contributed by atoms with Crippen LogP contribution in [0.25, 0.3) is 22.6 Å². The first-order valence-corrected chi connectivity index (χ1v) is 13.3. The Morgan fingerprint density at radius 2 is 1.89 bits per heavy atom. The van der Waals surface area contributed by atoms with Crippen molar-refractivity contribution in [1.29, 1.82) is 5.41 Å². The highest BCUT2D eigenvalue weighted by atomic mass is 19.1. The van der Waals surface area contributed by atoms with Crippen molar-refractivity contribution in [3.63, 3.8) is 0 Å². The maximum Gasteiger partial charge on any atom is 0.271 e. The van der Waals surface area contributed by atoms with Gasteiger partial charge in [-0.3, -0.25) is 14.2 Å². The van der Waals surface area contributed by atoms with E-state index in [1.54, 1.807) is 37.5 Å². The number of carbonyl (C=O) groups is 1. The van der Waals surface area contributed by atoms with E-state index >= 15 is 4.39 Å². The van der Waals surface area contributed by atoms with E-state index in [0.717, 1.165) is 17.8 Å². The molecule has 2 aromatic carbocycles. The van der Waals surface area contributed by atoms with E-state index in [9.17, 15) is 14.0 Å². The zero-order chi connectivity index (χ0) is 31.2. The highest BCUT2D eigenvalue weighted by Gasteiger charge is 2.21. The number of hydrogen-bond donors (Lipinski definition) is 4. The van der Waals surface area contributed by atoms with Gasteiger partial charge < -0.3 is 30.9 Å². The van der Waals surface area contributed by atoms with Crippen LogP contribution in [0, 0.1) is 17.0 Å². The van der Waals surface area contributed by atoms with E-state index in [-0.39, 0.29) is 35.1 Å². The molecule has 0 aliphatic heterocycles. The van der Waals surface area contributed by atoms with Crippen LogP contribution in [-0.2, 0) is 0 Å². The molecule has 3 aromatic heterocycles. The predicted octanol–water partition coefficient (Wildman–Crippen LogP) is 5.81. The van der Waals surface area contributed by atoms with Crippen molar-refractivity contribution in [1.82, 2.24) is 14.5 Å². The Morgan fingerprint density at radius 1 is 1.09 bits per heavy atom. The number of nitrogens with zero attached hydrogens (tertiary/aromatic N) is 2. The Balaban J connectivity index is 1.41. The molecule has 44 heavy (non-hydrogen) atoms. The molecular formula is C32H26F2N6O4. The first kappa shape index (κ1) is 29.5. The highest BCUT2D eigenvalue weighted by Crippen LogP contribution is 2.32. The number of benzene rings is 2. The van der Waals surface area contributed by atoms with Crippen molar-refractivity contribution < 1.29 is 23.0 Å². The minimum Gasteiger partial charge on any atom is -0.493 e. The summed E-state index contributed by atoms with van der Waals surface area (Å²) in [6.07, 6.45) is 7.03. The number of ether oxygens (including phenoxy) is 2. The molecule has 5 aromatic rings. The second-order valence-electron chi connectivity index (χ2n) is 9.28. The maximum atomic E-state index is 15.3. The van der Waals surface area contributed by atoms with Gasteiger partial charge in [-0.25, -0.2) is 13.8 Å². The van der Waals surface area contributed by atoms with Gasteiger partial charge in [-0.2, -0.15) is 0 Å². The number of nitrogens with two attached hydrogens (primary N) is 1. The van der Waals surface area contributed by atoms with Gasteiger partial charge in [0.2, 0.25) is 0 Å². The molecule has 0 atom stereocenters. The standard InChI is InChI=1S/C32H26F2N6O4/c1-2-43-26-13-16-40(22-7-4-20(33)5-8-22)32(42)29(26)31(41)39-21-6-9-25(24(34)17-21)44-27(11-14-35)30-23(12-15-37-30)19-3-10-28(36)38-18-19/h3-18,35,37H,2H2,1H3,(H2,36,38)(H,39,41)/b27-11+,35-14?. The first-order chi connectivity index (χ1) is 21.3. The summed E-state index contributed by atoms with van der Waals surface area (Å²) in [5, 5.41) is 10.1. The normalized spacial score (nSPS) is 11.2. The van der Waals surface area contributed by atoms with Crippen LogP contribution in [0.2, 0.25) is 0 Å². The molecule has 222 valence electrons. The maximum absolute atomic E-state index is 15.3. The third-order valence-electron chi connectivity index (χ3n) is 6.42. The summed E-state index contributed by atoms with van der Waals surface area (Å²) in [7, 11) is 0. The Kier molecular flexibility index (Phi) is 8.61. The number of allylic oxidation sites excluding steroid dienone is 1. The second kappa shape index (κ2) is 12.9. The number of anilines is 2. The molecule has 5 N–H and O–H groups in total. The fourth-order valence-corrected chi connectivity index (χ4v) is 4.40. The smallest absolute Gasteiger partial charge is 0.271 e. The number of amides is 1. The molecule has 0 fully saturated rings. The summed E-state index contributed by atoms with van der Waals surface area (Å²) in [4.78, 5) is 33.8. The number of pyridine rings is 2. The average Bonchev–Trinajstić information content (AvgIpc) is 3.49. The number of halogens is 2. The van der Waals surface area contributed by atoms with Crippen LogP contribution in [-0.4, -0.2) is 33.3 Å². The number of aromatic amines is 1. The van der Waals surface area contributed by atoms with Gasteiger partial charge in [0.1, 0.15) is 22.9 Å². The van der Waals surface area contributed by atoms with Crippen LogP contribution in [0.3, 0.4) is 0 Å². The summed E-state index contributed by atoms with van der Waals surface area (Å²) in [5.74, 6) is -1.77. The Labute approximate surface area is 249 Å². The lowest BCUT2D eigenvalue weighted by atomic mass is 10.1. The monoisotopic (exact) mass is 596 g/mol. The van der Waals surface area contributed by atoms with Crippen molar-refractivity contribution in [3.8, 4) is 28.3 Å². The number of rotatable bonds is 10. The molecule has 1 amide bonds. The molecule has 0 radical (unpaired) electrons. The molecule has 0 spiro atoms. The van der Waals surface area contributed by atoms with Crippen molar-refractivity contribution in [2.24, 2.45) is 0 Å². The van der Waals surface area contributed by atoms with Crippen LogP contribution in [0.5, 0.6) is 11.5 Å². The van der Waals surface area contributed by atoms with Crippen molar-refractivity contribution in [3.05, 3.63) is 125 Å². The van der Waals surface area contributed by atoms with Crippen LogP contribution in [0.15, 0.2) is 96.2 Å². The first-order valence-electron chi connectivity index (χ1n) is 13.3. The van der Waals surface area contributed by atoms with E-state index in [2.05, 4.69) is 15.3 Å². The summed E-state index contributed by atoms with van der Waals surface area (Å²) in [5.41, 5.74) is 6.95. The van der Waals surface area contributed by atoms with Gasteiger partial charge >= 0.3 is 0 Å². The fraction of sp³-hybridized carbons (Fsp3) is 0.0625. The summed E-state index contributed by atoms with van der Waals surface area (Å²) < 4.78 is 41.3. The summed E-state index contributed by atoms with van der Waals surface area (Å²) in [6, 6.07) is 15.6. The quantitative estimate of drug-likeness (QED) is 0.118. The van der Waals surface area contributed by atoms with Crippen molar-refractivity contribution in [2.45, 2.75) is 6.92 Å². The van der Waals surface area contributed by atoms with Gasteiger partial charge in [-0.05, 0) is 67.6 Å². The lowest BCUT2D eigenvalue weighted by Gasteiger charge is -2.15. The molecule has 5 rings (SSSR count). The molecule has 0 bridgehead atoms.